The molecule has 4 nitrogen and oxygen atoms in total. The third-order valence-electron chi connectivity index (χ3n) is 3.80. The molecule has 1 aliphatic carbocycles. The summed E-state index contributed by atoms with van der Waals surface area (Å²) in [6.45, 7) is 3.71. The Bertz CT molecular complexity index is 525. The lowest BCUT2D eigenvalue weighted by Crippen LogP contribution is -2.40. The number of esters is 1. The molecule has 1 aromatic carbocycles. The Kier molecular flexibility index (Phi) is 5.37. The zero-order chi connectivity index (χ0) is 15.2. The molecule has 1 atom stereocenters. The standard InChI is InChI=1S/C17H23NO3/c1-3-21-17(20)12(2)18-16(19)11-13-8-9-14-6-4-5-7-15(14)10-13/h8-10,12H,3-7,11H2,1-2H3,(H,18,19). The third kappa shape index (κ3) is 4.31. The van der Waals surface area contributed by atoms with Crippen LogP contribution in [0.2, 0.25) is 0 Å². The smallest absolute Gasteiger partial charge is 0.328 e. The average Bonchev–Trinajstić information content (AvgIpc) is 2.47. The molecule has 1 N–H and O–H groups in total. The minimum Gasteiger partial charge on any atom is -0.464 e. The van der Waals surface area contributed by atoms with Gasteiger partial charge in [0, 0.05) is 0 Å². The minimum absolute atomic E-state index is 0.147. The number of benzene rings is 1. The van der Waals surface area contributed by atoms with Crippen LogP contribution in [0, 0.1) is 0 Å². The molecule has 1 aromatic rings. The molecule has 0 aliphatic heterocycles. The van der Waals surface area contributed by atoms with Gasteiger partial charge in [0.15, 0.2) is 0 Å². The summed E-state index contributed by atoms with van der Waals surface area (Å²) >= 11 is 0. The second-order valence-corrected chi connectivity index (χ2v) is 5.53. The van der Waals surface area contributed by atoms with Crippen LogP contribution in [0.4, 0.5) is 0 Å². The summed E-state index contributed by atoms with van der Waals surface area (Å²) in [5.74, 6) is -0.539. The summed E-state index contributed by atoms with van der Waals surface area (Å²) < 4.78 is 4.88. The molecule has 0 bridgehead atoms. The number of rotatable bonds is 5. The molecule has 1 unspecified atom stereocenters. The first-order valence-electron chi connectivity index (χ1n) is 7.67. The van der Waals surface area contributed by atoms with Crippen molar-refractivity contribution >= 4 is 11.9 Å². The van der Waals surface area contributed by atoms with E-state index in [0.717, 1.165) is 18.4 Å². The highest BCUT2D eigenvalue weighted by molar-refractivity contribution is 5.85. The lowest BCUT2D eigenvalue weighted by molar-refractivity contribution is -0.146. The van der Waals surface area contributed by atoms with Crippen molar-refractivity contribution in [3.8, 4) is 0 Å². The van der Waals surface area contributed by atoms with Crippen LogP contribution in [0.15, 0.2) is 18.2 Å². The van der Waals surface area contributed by atoms with Crippen LogP contribution >= 0.6 is 0 Å². The van der Waals surface area contributed by atoms with Crippen LogP contribution in [0.3, 0.4) is 0 Å². The maximum absolute atomic E-state index is 12.0. The number of amides is 1. The van der Waals surface area contributed by atoms with Gasteiger partial charge in [-0.1, -0.05) is 18.2 Å². The highest BCUT2D eigenvalue weighted by atomic mass is 16.5. The predicted molar refractivity (Wildman–Crippen MR) is 81.0 cm³/mol. The van der Waals surface area contributed by atoms with Crippen molar-refractivity contribution in [2.75, 3.05) is 6.61 Å². The van der Waals surface area contributed by atoms with Gasteiger partial charge in [0.25, 0.3) is 0 Å². The number of hydrogen-bond donors (Lipinski definition) is 1. The van der Waals surface area contributed by atoms with E-state index in [-0.39, 0.29) is 5.91 Å². The van der Waals surface area contributed by atoms with Gasteiger partial charge in [-0.05, 0) is 56.2 Å². The number of hydrogen-bond acceptors (Lipinski definition) is 3. The highest BCUT2D eigenvalue weighted by Crippen LogP contribution is 2.22. The maximum Gasteiger partial charge on any atom is 0.328 e. The molecule has 0 heterocycles. The quantitative estimate of drug-likeness (QED) is 0.845. The molecule has 1 aliphatic rings. The van der Waals surface area contributed by atoms with Gasteiger partial charge < -0.3 is 10.1 Å². The number of carbonyl (C=O) groups is 2. The van der Waals surface area contributed by atoms with Crippen LogP contribution < -0.4 is 5.32 Å². The molecule has 4 heteroatoms. The molecule has 0 radical (unpaired) electrons. The Morgan fingerprint density at radius 3 is 2.67 bits per heavy atom. The first kappa shape index (κ1) is 15.5. The largest absolute Gasteiger partial charge is 0.464 e. The minimum atomic E-state index is -0.602. The third-order valence-corrected chi connectivity index (χ3v) is 3.80. The molecule has 1 amide bonds. The summed E-state index contributed by atoms with van der Waals surface area (Å²) in [5.41, 5.74) is 3.78. The van der Waals surface area contributed by atoms with Crippen LogP contribution in [0.5, 0.6) is 0 Å². The van der Waals surface area contributed by atoms with Crippen molar-refractivity contribution in [1.82, 2.24) is 5.32 Å². The molecule has 0 saturated heterocycles. The van der Waals surface area contributed by atoms with E-state index in [9.17, 15) is 9.59 Å². The van der Waals surface area contributed by atoms with Crippen molar-refractivity contribution in [3.05, 3.63) is 34.9 Å². The molecule has 114 valence electrons. The molecule has 0 saturated carbocycles. The van der Waals surface area contributed by atoms with E-state index in [1.54, 1.807) is 13.8 Å². The maximum atomic E-state index is 12.0. The van der Waals surface area contributed by atoms with Crippen LogP contribution in [-0.2, 0) is 33.6 Å². The monoisotopic (exact) mass is 289 g/mol. The molecule has 21 heavy (non-hydrogen) atoms. The lowest BCUT2D eigenvalue weighted by atomic mass is 9.90. The number of nitrogens with one attached hydrogen (secondary N) is 1. The molecule has 0 fully saturated rings. The van der Waals surface area contributed by atoms with Crippen molar-refractivity contribution in [3.63, 3.8) is 0 Å². The van der Waals surface area contributed by atoms with Crippen LogP contribution in [0.1, 0.15) is 43.4 Å². The van der Waals surface area contributed by atoms with Gasteiger partial charge in [0.05, 0.1) is 13.0 Å². The van der Waals surface area contributed by atoms with Gasteiger partial charge in [-0.2, -0.15) is 0 Å². The average molecular weight is 289 g/mol. The summed E-state index contributed by atoms with van der Waals surface area (Å²) in [7, 11) is 0. The molecule has 2 rings (SSSR count). The molecule has 0 aromatic heterocycles. The Balaban J connectivity index is 1.92. The number of fused-ring (bicyclic) bond motifs is 1. The van der Waals surface area contributed by atoms with Gasteiger partial charge >= 0.3 is 5.97 Å². The second kappa shape index (κ2) is 7.25. The summed E-state index contributed by atoms with van der Waals surface area (Å²) in [5, 5.41) is 2.68. The summed E-state index contributed by atoms with van der Waals surface area (Å²) in [4.78, 5) is 23.5. The van der Waals surface area contributed by atoms with E-state index in [2.05, 4.69) is 17.4 Å². The Morgan fingerprint density at radius 1 is 1.24 bits per heavy atom. The van der Waals surface area contributed by atoms with E-state index < -0.39 is 12.0 Å². The Labute approximate surface area is 125 Å². The van der Waals surface area contributed by atoms with Gasteiger partial charge in [-0.3, -0.25) is 4.79 Å². The van der Waals surface area contributed by atoms with E-state index >= 15 is 0 Å². The van der Waals surface area contributed by atoms with Crippen LogP contribution in [0.25, 0.3) is 0 Å². The SMILES string of the molecule is CCOC(=O)C(C)NC(=O)Cc1ccc2c(c1)CCCC2. The second-order valence-electron chi connectivity index (χ2n) is 5.53. The van der Waals surface area contributed by atoms with Gasteiger partial charge in [0.1, 0.15) is 6.04 Å². The predicted octanol–water partition coefficient (Wildman–Crippen LogP) is 2.18. The number of ether oxygens (including phenoxy) is 1. The fourth-order valence-electron chi connectivity index (χ4n) is 2.70. The first-order valence-corrected chi connectivity index (χ1v) is 7.67. The van der Waals surface area contributed by atoms with Crippen molar-refractivity contribution in [1.29, 1.82) is 0 Å². The Hall–Kier alpha value is -1.84. The summed E-state index contributed by atoms with van der Waals surface area (Å²) in [6, 6.07) is 5.67. The van der Waals surface area contributed by atoms with Crippen molar-refractivity contribution < 1.29 is 14.3 Å². The number of aryl methyl sites for hydroxylation is 2. The number of carbonyl (C=O) groups excluding carboxylic acids is 2. The zero-order valence-electron chi connectivity index (χ0n) is 12.8. The van der Waals surface area contributed by atoms with E-state index in [4.69, 9.17) is 4.74 Å². The molecular formula is C17H23NO3. The van der Waals surface area contributed by atoms with Crippen molar-refractivity contribution in [2.45, 2.75) is 52.0 Å². The van der Waals surface area contributed by atoms with E-state index in [1.807, 2.05) is 6.07 Å². The fraction of sp³-hybridized carbons (Fsp3) is 0.529. The van der Waals surface area contributed by atoms with Gasteiger partial charge in [-0.15, -0.1) is 0 Å². The normalized spacial score (nSPS) is 15.0. The van der Waals surface area contributed by atoms with Gasteiger partial charge in [-0.25, -0.2) is 4.79 Å². The Morgan fingerprint density at radius 2 is 1.95 bits per heavy atom. The highest BCUT2D eigenvalue weighted by Gasteiger charge is 2.17. The zero-order valence-corrected chi connectivity index (χ0v) is 12.8. The molecular weight excluding hydrogens is 266 g/mol. The van der Waals surface area contributed by atoms with Crippen molar-refractivity contribution in [2.24, 2.45) is 0 Å². The molecule has 0 spiro atoms. The fourth-order valence-corrected chi connectivity index (χ4v) is 2.70. The topological polar surface area (TPSA) is 55.4 Å². The van der Waals surface area contributed by atoms with Crippen LogP contribution in [-0.4, -0.2) is 24.5 Å². The van der Waals surface area contributed by atoms with E-state index in [0.29, 0.717) is 13.0 Å². The first-order chi connectivity index (χ1) is 10.1. The van der Waals surface area contributed by atoms with Gasteiger partial charge in [0.2, 0.25) is 5.91 Å². The van der Waals surface area contributed by atoms with E-state index in [1.165, 1.54) is 24.0 Å². The lowest BCUT2D eigenvalue weighted by Gasteiger charge is -2.17. The summed E-state index contributed by atoms with van der Waals surface area (Å²) in [6.07, 6.45) is 5.02.